The molecule has 0 aromatic carbocycles. The molecular weight excluding hydrogens is 212 g/mol. The third-order valence-electron chi connectivity index (χ3n) is 4.39. The van der Waals surface area contributed by atoms with Crippen molar-refractivity contribution >= 4 is 0 Å². The van der Waals surface area contributed by atoms with Crippen LogP contribution in [-0.2, 0) is 4.74 Å². The van der Waals surface area contributed by atoms with Crippen LogP contribution >= 0.6 is 0 Å². The van der Waals surface area contributed by atoms with E-state index in [1.165, 1.54) is 38.5 Å². The van der Waals surface area contributed by atoms with E-state index in [1.807, 2.05) is 0 Å². The number of nitrogens with two attached hydrogens (primary N) is 1. The molecule has 2 fully saturated rings. The minimum atomic E-state index is 0.283. The third-order valence-corrected chi connectivity index (χ3v) is 4.39. The van der Waals surface area contributed by atoms with Crippen LogP contribution in [0.1, 0.15) is 45.4 Å². The van der Waals surface area contributed by atoms with Crippen molar-refractivity contribution in [3.05, 3.63) is 0 Å². The second kappa shape index (κ2) is 5.68. The molecule has 1 heterocycles. The van der Waals surface area contributed by atoms with Crippen LogP contribution in [0.5, 0.6) is 0 Å². The first kappa shape index (κ1) is 13.3. The Morgan fingerprint density at radius 2 is 2.06 bits per heavy atom. The SMILES string of the molecule is CC(CN)CN(C)CC1CCC2(CCCC2)O1. The fraction of sp³-hybridized carbons (Fsp3) is 1.00. The number of likely N-dealkylation sites (N-methyl/N-ethyl adjacent to an activating group) is 1. The van der Waals surface area contributed by atoms with Gasteiger partial charge in [-0.25, -0.2) is 0 Å². The average Bonchev–Trinajstić information content (AvgIpc) is 2.90. The highest BCUT2D eigenvalue weighted by atomic mass is 16.5. The Hall–Kier alpha value is -0.120. The highest BCUT2D eigenvalue weighted by Crippen LogP contribution is 2.43. The molecule has 1 saturated heterocycles. The van der Waals surface area contributed by atoms with Crippen LogP contribution in [0.2, 0.25) is 0 Å². The Balaban J connectivity index is 1.73. The van der Waals surface area contributed by atoms with Gasteiger partial charge in [0.15, 0.2) is 0 Å². The normalized spacial score (nSPS) is 29.3. The molecule has 100 valence electrons. The van der Waals surface area contributed by atoms with Gasteiger partial charge >= 0.3 is 0 Å². The Kier molecular flexibility index (Phi) is 4.45. The Labute approximate surface area is 106 Å². The number of ether oxygens (including phenoxy) is 1. The van der Waals surface area contributed by atoms with Crippen LogP contribution in [0.25, 0.3) is 0 Å². The van der Waals surface area contributed by atoms with Crippen molar-refractivity contribution in [1.29, 1.82) is 0 Å². The molecule has 0 aromatic heterocycles. The summed E-state index contributed by atoms with van der Waals surface area (Å²) >= 11 is 0. The van der Waals surface area contributed by atoms with Crippen molar-refractivity contribution in [3.8, 4) is 0 Å². The molecule has 2 unspecified atom stereocenters. The standard InChI is InChI=1S/C14H28N2O/c1-12(9-15)10-16(2)11-13-5-8-14(17-13)6-3-4-7-14/h12-13H,3-11,15H2,1-2H3. The van der Waals surface area contributed by atoms with Gasteiger partial charge in [0.1, 0.15) is 0 Å². The molecule has 17 heavy (non-hydrogen) atoms. The Bertz CT molecular complexity index is 238. The molecule has 1 aliphatic heterocycles. The molecule has 0 radical (unpaired) electrons. The summed E-state index contributed by atoms with van der Waals surface area (Å²) in [6, 6.07) is 0. The molecule has 2 atom stereocenters. The summed E-state index contributed by atoms with van der Waals surface area (Å²) in [5.41, 5.74) is 5.95. The zero-order chi connectivity index (χ0) is 12.3. The first-order chi connectivity index (χ1) is 8.13. The summed E-state index contributed by atoms with van der Waals surface area (Å²) in [4.78, 5) is 2.39. The molecule has 0 aromatic rings. The van der Waals surface area contributed by atoms with E-state index in [0.29, 0.717) is 12.0 Å². The Morgan fingerprint density at radius 3 is 2.71 bits per heavy atom. The molecular formula is C14H28N2O. The van der Waals surface area contributed by atoms with Crippen molar-refractivity contribution in [3.63, 3.8) is 0 Å². The summed E-state index contributed by atoms with van der Waals surface area (Å²) in [6.07, 6.45) is 8.33. The van der Waals surface area contributed by atoms with E-state index in [0.717, 1.165) is 19.6 Å². The largest absolute Gasteiger partial charge is 0.370 e. The molecule has 2 rings (SSSR count). The summed E-state index contributed by atoms with van der Waals surface area (Å²) < 4.78 is 6.32. The second-order valence-electron chi connectivity index (χ2n) is 6.23. The Morgan fingerprint density at radius 1 is 1.35 bits per heavy atom. The monoisotopic (exact) mass is 240 g/mol. The molecule has 0 bridgehead atoms. The molecule has 0 amide bonds. The van der Waals surface area contributed by atoms with E-state index in [-0.39, 0.29) is 5.60 Å². The van der Waals surface area contributed by atoms with E-state index in [1.54, 1.807) is 0 Å². The lowest BCUT2D eigenvalue weighted by Gasteiger charge is -2.27. The predicted molar refractivity (Wildman–Crippen MR) is 71.0 cm³/mol. The highest BCUT2D eigenvalue weighted by molar-refractivity contribution is 4.93. The lowest BCUT2D eigenvalue weighted by atomic mass is 9.98. The zero-order valence-electron chi connectivity index (χ0n) is 11.5. The van der Waals surface area contributed by atoms with Gasteiger partial charge in [-0.2, -0.15) is 0 Å². The lowest BCUT2D eigenvalue weighted by Crippen LogP contribution is -2.35. The van der Waals surface area contributed by atoms with E-state index in [9.17, 15) is 0 Å². The van der Waals surface area contributed by atoms with E-state index in [2.05, 4.69) is 18.9 Å². The fourth-order valence-corrected chi connectivity index (χ4v) is 3.44. The van der Waals surface area contributed by atoms with Crippen molar-refractivity contribution in [2.45, 2.75) is 57.2 Å². The quantitative estimate of drug-likeness (QED) is 0.799. The molecule has 1 saturated carbocycles. The molecule has 1 spiro atoms. The average molecular weight is 240 g/mol. The van der Waals surface area contributed by atoms with Gasteiger partial charge in [-0.3, -0.25) is 0 Å². The number of hydrogen-bond acceptors (Lipinski definition) is 3. The van der Waals surface area contributed by atoms with Crippen molar-refractivity contribution in [2.75, 3.05) is 26.7 Å². The van der Waals surface area contributed by atoms with Gasteiger partial charge < -0.3 is 15.4 Å². The van der Waals surface area contributed by atoms with Gasteiger partial charge in [0.2, 0.25) is 0 Å². The topological polar surface area (TPSA) is 38.5 Å². The van der Waals surface area contributed by atoms with Gasteiger partial charge in [0.25, 0.3) is 0 Å². The third kappa shape index (κ3) is 3.43. The zero-order valence-corrected chi connectivity index (χ0v) is 11.5. The maximum absolute atomic E-state index is 6.32. The van der Waals surface area contributed by atoms with Gasteiger partial charge in [-0.15, -0.1) is 0 Å². The van der Waals surface area contributed by atoms with Crippen molar-refractivity contribution in [1.82, 2.24) is 4.90 Å². The number of nitrogens with zero attached hydrogens (tertiary/aromatic N) is 1. The van der Waals surface area contributed by atoms with Crippen LogP contribution in [0.15, 0.2) is 0 Å². The van der Waals surface area contributed by atoms with Gasteiger partial charge in [0, 0.05) is 13.1 Å². The van der Waals surface area contributed by atoms with Crippen LogP contribution < -0.4 is 5.73 Å². The highest BCUT2D eigenvalue weighted by Gasteiger charge is 2.42. The van der Waals surface area contributed by atoms with Crippen molar-refractivity contribution < 1.29 is 4.74 Å². The second-order valence-corrected chi connectivity index (χ2v) is 6.23. The molecule has 2 N–H and O–H groups in total. The van der Waals surface area contributed by atoms with Crippen LogP contribution in [-0.4, -0.2) is 43.3 Å². The van der Waals surface area contributed by atoms with Gasteiger partial charge in [-0.1, -0.05) is 19.8 Å². The number of rotatable bonds is 5. The van der Waals surface area contributed by atoms with Crippen LogP contribution in [0.3, 0.4) is 0 Å². The lowest BCUT2D eigenvalue weighted by molar-refractivity contribution is -0.0458. The smallest absolute Gasteiger partial charge is 0.0710 e. The first-order valence-corrected chi connectivity index (χ1v) is 7.20. The molecule has 3 heteroatoms. The maximum atomic E-state index is 6.32. The molecule has 2 aliphatic rings. The summed E-state index contributed by atoms with van der Waals surface area (Å²) in [7, 11) is 2.19. The van der Waals surface area contributed by atoms with E-state index >= 15 is 0 Å². The van der Waals surface area contributed by atoms with Crippen LogP contribution in [0.4, 0.5) is 0 Å². The minimum Gasteiger partial charge on any atom is -0.370 e. The first-order valence-electron chi connectivity index (χ1n) is 7.20. The fourth-order valence-electron chi connectivity index (χ4n) is 3.44. The van der Waals surface area contributed by atoms with Gasteiger partial charge in [-0.05, 0) is 45.2 Å². The van der Waals surface area contributed by atoms with Crippen LogP contribution in [0, 0.1) is 5.92 Å². The van der Waals surface area contributed by atoms with E-state index in [4.69, 9.17) is 10.5 Å². The summed E-state index contributed by atoms with van der Waals surface area (Å²) in [6.45, 7) is 5.15. The van der Waals surface area contributed by atoms with Crippen molar-refractivity contribution in [2.24, 2.45) is 11.7 Å². The minimum absolute atomic E-state index is 0.283. The van der Waals surface area contributed by atoms with Gasteiger partial charge in [0.05, 0.1) is 11.7 Å². The van der Waals surface area contributed by atoms with E-state index < -0.39 is 0 Å². The predicted octanol–water partition coefficient (Wildman–Crippen LogP) is 2.00. The summed E-state index contributed by atoms with van der Waals surface area (Å²) in [5.74, 6) is 0.585. The maximum Gasteiger partial charge on any atom is 0.0710 e. The molecule has 1 aliphatic carbocycles. The molecule has 3 nitrogen and oxygen atoms in total. The summed E-state index contributed by atoms with van der Waals surface area (Å²) in [5, 5.41) is 0. The number of hydrogen-bond donors (Lipinski definition) is 1.